The fourth-order valence-corrected chi connectivity index (χ4v) is 5.49. The van der Waals surface area contributed by atoms with Crippen molar-refractivity contribution < 1.29 is 4.79 Å². The quantitative estimate of drug-likeness (QED) is 0.749. The van der Waals surface area contributed by atoms with E-state index in [0.29, 0.717) is 5.91 Å². The second-order valence-electron chi connectivity index (χ2n) is 9.31. The molecule has 0 N–H and O–H groups in total. The van der Waals surface area contributed by atoms with Crippen molar-refractivity contribution in [3.8, 4) is 0 Å². The van der Waals surface area contributed by atoms with Crippen LogP contribution in [0.1, 0.15) is 51.3 Å². The van der Waals surface area contributed by atoms with E-state index < -0.39 is 0 Å². The highest BCUT2D eigenvalue weighted by atomic mass is 16.2. The standard InChI is InChI=1S/C23H35N7O/c1-2-9-27-12-14-28(15-13-27)23(31)18-7-6-10-29(16-18)21-20-22(25-17-24-21)30-11-5-3-4-8-19(30)26-20/h17-18H,2-16H2,1H3/t18-/m0/s1. The van der Waals surface area contributed by atoms with E-state index in [-0.39, 0.29) is 5.92 Å². The Hall–Kier alpha value is -2.22. The lowest BCUT2D eigenvalue weighted by atomic mass is 9.96. The van der Waals surface area contributed by atoms with Crippen molar-refractivity contribution in [1.29, 1.82) is 0 Å². The van der Waals surface area contributed by atoms with Crippen LogP contribution in [-0.4, -0.2) is 81.0 Å². The number of amides is 1. The number of carbonyl (C=O) groups is 1. The highest BCUT2D eigenvalue weighted by Crippen LogP contribution is 2.30. The molecule has 0 spiro atoms. The summed E-state index contributed by atoms with van der Waals surface area (Å²) in [5.74, 6) is 2.43. The molecular formula is C23H35N7O. The summed E-state index contributed by atoms with van der Waals surface area (Å²) in [6, 6.07) is 0. The number of nitrogens with zero attached hydrogens (tertiary/aromatic N) is 7. The van der Waals surface area contributed by atoms with Crippen LogP contribution in [0.3, 0.4) is 0 Å². The Morgan fingerprint density at radius 3 is 2.74 bits per heavy atom. The Bertz CT molecular complexity index is 918. The molecule has 3 aliphatic heterocycles. The lowest BCUT2D eigenvalue weighted by Gasteiger charge is -2.39. The van der Waals surface area contributed by atoms with Gasteiger partial charge >= 0.3 is 0 Å². The summed E-state index contributed by atoms with van der Waals surface area (Å²) < 4.78 is 2.29. The van der Waals surface area contributed by atoms with Gasteiger partial charge in [-0.2, -0.15) is 0 Å². The predicted molar refractivity (Wildman–Crippen MR) is 121 cm³/mol. The zero-order valence-corrected chi connectivity index (χ0v) is 18.8. The number of hydrogen-bond acceptors (Lipinski definition) is 6. The number of piperazine rings is 1. The molecule has 3 aliphatic rings. The highest BCUT2D eigenvalue weighted by molar-refractivity contribution is 5.85. The van der Waals surface area contributed by atoms with Crippen LogP contribution in [0.15, 0.2) is 6.33 Å². The average molecular weight is 426 g/mol. The first-order chi connectivity index (χ1) is 15.2. The molecule has 2 fully saturated rings. The second-order valence-corrected chi connectivity index (χ2v) is 9.31. The third-order valence-electron chi connectivity index (χ3n) is 7.17. The smallest absolute Gasteiger partial charge is 0.227 e. The van der Waals surface area contributed by atoms with Crippen molar-refractivity contribution in [3.05, 3.63) is 12.2 Å². The van der Waals surface area contributed by atoms with Gasteiger partial charge in [0.05, 0.1) is 5.92 Å². The van der Waals surface area contributed by atoms with E-state index in [2.05, 4.69) is 36.2 Å². The van der Waals surface area contributed by atoms with Crippen LogP contribution in [0.25, 0.3) is 11.2 Å². The normalized spacial score (nSPS) is 23.1. The fourth-order valence-electron chi connectivity index (χ4n) is 5.49. The Morgan fingerprint density at radius 2 is 1.90 bits per heavy atom. The first-order valence-corrected chi connectivity index (χ1v) is 12.2. The van der Waals surface area contributed by atoms with Gasteiger partial charge in [-0.05, 0) is 38.6 Å². The number of hydrogen-bond donors (Lipinski definition) is 0. The maximum absolute atomic E-state index is 13.3. The van der Waals surface area contributed by atoms with Crippen LogP contribution in [-0.2, 0) is 17.8 Å². The van der Waals surface area contributed by atoms with Crippen molar-refractivity contribution in [1.82, 2.24) is 29.3 Å². The zero-order valence-electron chi connectivity index (χ0n) is 18.8. The Labute approximate surface area is 184 Å². The molecule has 31 heavy (non-hydrogen) atoms. The molecule has 8 heteroatoms. The molecule has 0 radical (unpaired) electrons. The van der Waals surface area contributed by atoms with Crippen LogP contribution < -0.4 is 4.90 Å². The number of imidazole rings is 1. The van der Waals surface area contributed by atoms with E-state index in [0.717, 1.165) is 94.4 Å². The first kappa shape index (κ1) is 20.7. The van der Waals surface area contributed by atoms with Crippen LogP contribution in [0.2, 0.25) is 0 Å². The number of aryl methyl sites for hydroxylation is 2. The van der Waals surface area contributed by atoms with Crippen LogP contribution in [0.4, 0.5) is 5.82 Å². The number of rotatable bonds is 4. The molecule has 5 rings (SSSR count). The predicted octanol–water partition coefficient (Wildman–Crippen LogP) is 2.32. The fraction of sp³-hybridized carbons (Fsp3) is 0.739. The molecule has 168 valence electrons. The summed E-state index contributed by atoms with van der Waals surface area (Å²) in [7, 11) is 0. The maximum atomic E-state index is 13.3. The van der Waals surface area contributed by atoms with Crippen molar-refractivity contribution in [2.45, 2.75) is 58.4 Å². The highest BCUT2D eigenvalue weighted by Gasteiger charge is 2.32. The second kappa shape index (κ2) is 9.10. The summed E-state index contributed by atoms with van der Waals surface area (Å²) >= 11 is 0. The maximum Gasteiger partial charge on any atom is 0.227 e. The molecule has 8 nitrogen and oxygen atoms in total. The average Bonchev–Trinajstić information content (AvgIpc) is 3.00. The van der Waals surface area contributed by atoms with Gasteiger partial charge in [0, 0.05) is 52.2 Å². The lowest BCUT2D eigenvalue weighted by Crippen LogP contribution is -2.52. The Balaban J connectivity index is 1.32. The Kier molecular flexibility index (Phi) is 6.07. The van der Waals surface area contributed by atoms with Crippen molar-refractivity contribution in [2.24, 2.45) is 5.92 Å². The molecule has 2 saturated heterocycles. The number of piperidine rings is 1. The van der Waals surface area contributed by atoms with Gasteiger partial charge < -0.3 is 14.4 Å². The number of anilines is 1. The van der Waals surface area contributed by atoms with Gasteiger partial charge in [0.1, 0.15) is 12.2 Å². The molecule has 0 aromatic carbocycles. The Morgan fingerprint density at radius 1 is 1.03 bits per heavy atom. The molecule has 2 aromatic rings. The third kappa shape index (κ3) is 4.14. The van der Waals surface area contributed by atoms with Crippen molar-refractivity contribution in [2.75, 3.05) is 50.7 Å². The number of carbonyl (C=O) groups excluding carboxylic acids is 1. The molecule has 0 bridgehead atoms. The van der Waals surface area contributed by atoms with Crippen LogP contribution >= 0.6 is 0 Å². The zero-order chi connectivity index (χ0) is 21.2. The van der Waals surface area contributed by atoms with Crippen molar-refractivity contribution >= 4 is 22.9 Å². The molecule has 0 unspecified atom stereocenters. The first-order valence-electron chi connectivity index (χ1n) is 12.2. The van der Waals surface area contributed by atoms with E-state index in [1.807, 2.05) is 0 Å². The number of fused-ring (bicyclic) bond motifs is 3. The van der Waals surface area contributed by atoms with Gasteiger partial charge in [0.2, 0.25) is 5.91 Å². The topological polar surface area (TPSA) is 70.4 Å². The molecule has 5 heterocycles. The minimum Gasteiger partial charge on any atom is -0.354 e. The van der Waals surface area contributed by atoms with Crippen molar-refractivity contribution in [3.63, 3.8) is 0 Å². The van der Waals surface area contributed by atoms with Gasteiger partial charge in [0.25, 0.3) is 0 Å². The van der Waals surface area contributed by atoms with Crippen LogP contribution in [0, 0.1) is 5.92 Å². The van der Waals surface area contributed by atoms with E-state index in [1.54, 1.807) is 6.33 Å². The molecule has 0 saturated carbocycles. The lowest BCUT2D eigenvalue weighted by molar-refractivity contribution is -0.137. The third-order valence-corrected chi connectivity index (χ3v) is 7.17. The molecule has 2 aromatic heterocycles. The van der Waals surface area contributed by atoms with Crippen LogP contribution in [0.5, 0.6) is 0 Å². The molecule has 1 atom stereocenters. The van der Waals surface area contributed by atoms with Gasteiger partial charge in [-0.1, -0.05) is 13.3 Å². The van der Waals surface area contributed by atoms with Gasteiger partial charge in [0.15, 0.2) is 17.0 Å². The summed E-state index contributed by atoms with van der Waals surface area (Å²) in [6.07, 6.45) is 9.49. The summed E-state index contributed by atoms with van der Waals surface area (Å²) in [6.45, 7) is 9.75. The number of aromatic nitrogens is 4. The van der Waals surface area contributed by atoms with E-state index in [4.69, 9.17) is 4.98 Å². The minimum atomic E-state index is 0.0527. The summed E-state index contributed by atoms with van der Waals surface area (Å²) in [5.41, 5.74) is 1.88. The molecular weight excluding hydrogens is 390 g/mol. The largest absolute Gasteiger partial charge is 0.354 e. The van der Waals surface area contributed by atoms with Gasteiger partial charge in [-0.25, -0.2) is 15.0 Å². The van der Waals surface area contributed by atoms with E-state index in [9.17, 15) is 4.79 Å². The van der Waals surface area contributed by atoms with E-state index in [1.165, 1.54) is 25.7 Å². The molecule has 1 amide bonds. The monoisotopic (exact) mass is 425 g/mol. The summed E-state index contributed by atoms with van der Waals surface area (Å²) in [4.78, 5) is 34.3. The van der Waals surface area contributed by atoms with Gasteiger partial charge in [-0.15, -0.1) is 0 Å². The minimum absolute atomic E-state index is 0.0527. The van der Waals surface area contributed by atoms with E-state index >= 15 is 0 Å². The summed E-state index contributed by atoms with van der Waals surface area (Å²) in [5, 5.41) is 0. The molecule has 0 aliphatic carbocycles. The SMILES string of the molecule is CCCN1CCN(C(=O)[C@H]2CCCN(c3ncnc4c3nc3n4CCCCC3)C2)CC1. The van der Waals surface area contributed by atoms with Gasteiger partial charge in [-0.3, -0.25) is 9.69 Å².